The molecule has 0 aliphatic carbocycles. The molecule has 0 aromatic rings. The van der Waals surface area contributed by atoms with E-state index in [4.69, 9.17) is 0 Å². The molecule has 0 rings (SSSR count). The highest BCUT2D eigenvalue weighted by atomic mass is 19.3. The van der Waals surface area contributed by atoms with Crippen LogP contribution in [0.5, 0.6) is 0 Å². The zero-order valence-electron chi connectivity index (χ0n) is 6.34. The van der Waals surface area contributed by atoms with Crippen LogP contribution in [-0.2, 0) is 9.53 Å². The summed E-state index contributed by atoms with van der Waals surface area (Å²) < 4.78 is 95.4. The van der Waals surface area contributed by atoms with Crippen LogP contribution < -0.4 is 0 Å². The molecule has 0 N–H and O–H groups in total. The Balaban J connectivity index is 5.00. The Labute approximate surface area is 76.1 Å². The van der Waals surface area contributed by atoms with Crippen molar-refractivity contribution in [1.29, 1.82) is 0 Å². The second-order valence-corrected chi connectivity index (χ2v) is 2.00. The van der Waals surface area contributed by atoms with Crippen molar-refractivity contribution in [3.63, 3.8) is 0 Å². The van der Waals surface area contributed by atoms with E-state index in [0.717, 1.165) is 0 Å². The van der Waals surface area contributed by atoms with Crippen molar-refractivity contribution < 1.29 is 44.7 Å². The van der Waals surface area contributed by atoms with Crippen LogP contribution >= 0.6 is 0 Å². The van der Waals surface area contributed by atoms with Gasteiger partial charge in [-0.2, -0.15) is 35.1 Å². The van der Waals surface area contributed by atoms with Gasteiger partial charge in [-0.1, -0.05) is 0 Å². The molecule has 0 aromatic heterocycles. The van der Waals surface area contributed by atoms with E-state index in [9.17, 15) is 39.9 Å². The molecule has 0 fully saturated rings. The summed E-state index contributed by atoms with van der Waals surface area (Å²) >= 11 is 0. The minimum atomic E-state index is -6.06. The summed E-state index contributed by atoms with van der Waals surface area (Å²) in [6.07, 6.45) is -9.51. The SMILES string of the molecule is O=C(F)C(F)(F)C(F)(F)OC(F)=C(F)F. The van der Waals surface area contributed by atoms with E-state index in [1.165, 1.54) is 0 Å². The molecule has 88 valence electrons. The molecule has 0 aliphatic heterocycles. The predicted octanol–water partition coefficient (Wildman–Crippen LogP) is 2.76. The van der Waals surface area contributed by atoms with Gasteiger partial charge in [0, 0.05) is 0 Å². The van der Waals surface area contributed by atoms with Gasteiger partial charge in [-0.15, -0.1) is 0 Å². The van der Waals surface area contributed by atoms with Crippen molar-refractivity contribution in [1.82, 2.24) is 0 Å². The van der Waals surface area contributed by atoms with E-state index in [2.05, 4.69) is 4.74 Å². The highest BCUT2D eigenvalue weighted by Gasteiger charge is 2.66. The lowest BCUT2D eigenvalue weighted by atomic mass is 10.3. The first-order chi connectivity index (χ1) is 6.52. The first-order valence-corrected chi connectivity index (χ1v) is 2.87. The van der Waals surface area contributed by atoms with Gasteiger partial charge >= 0.3 is 30.2 Å². The van der Waals surface area contributed by atoms with Crippen LogP contribution in [0.2, 0.25) is 0 Å². The van der Waals surface area contributed by atoms with Gasteiger partial charge in [-0.3, -0.25) is 4.79 Å². The molecule has 0 amide bonds. The number of halogens is 8. The van der Waals surface area contributed by atoms with Crippen LogP contribution in [0.1, 0.15) is 0 Å². The van der Waals surface area contributed by atoms with Crippen molar-refractivity contribution in [3.05, 3.63) is 12.1 Å². The second-order valence-electron chi connectivity index (χ2n) is 2.00. The number of carbonyl (C=O) groups is 1. The molecule has 0 saturated heterocycles. The minimum Gasteiger partial charge on any atom is -0.397 e. The fourth-order valence-electron chi connectivity index (χ4n) is 0.330. The van der Waals surface area contributed by atoms with Gasteiger partial charge in [-0.05, 0) is 0 Å². The molecule has 0 bridgehead atoms. The van der Waals surface area contributed by atoms with Crippen molar-refractivity contribution in [2.45, 2.75) is 12.0 Å². The van der Waals surface area contributed by atoms with Gasteiger partial charge in [0.15, 0.2) is 0 Å². The van der Waals surface area contributed by atoms with Gasteiger partial charge in [0.25, 0.3) is 0 Å². The van der Waals surface area contributed by atoms with Gasteiger partial charge < -0.3 is 4.74 Å². The predicted molar refractivity (Wildman–Crippen MR) is 27.4 cm³/mol. The maximum atomic E-state index is 12.0. The van der Waals surface area contributed by atoms with Crippen LogP contribution in [0.25, 0.3) is 0 Å². The highest BCUT2D eigenvalue weighted by Crippen LogP contribution is 2.38. The summed E-state index contributed by atoms with van der Waals surface area (Å²) in [6.45, 7) is 0. The van der Waals surface area contributed by atoms with E-state index >= 15 is 0 Å². The topological polar surface area (TPSA) is 26.3 Å². The smallest absolute Gasteiger partial charge is 0.397 e. The zero-order chi connectivity index (χ0) is 12.4. The Bertz CT molecular complexity index is 291. The number of carbonyl (C=O) groups excluding carboxylic acids is 1. The highest BCUT2D eigenvalue weighted by molar-refractivity contribution is 5.77. The largest absolute Gasteiger partial charge is 0.477 e. The maximum absolute atomic E-state index is 12.0. The molecule has 2 nitrogen and oxygen atoms in total. The van der Waals surface area contributed by atoms with E-state index in [1.54, 1.807) is 0 Å². The fraction of sp³-hybridized carbons (Fsp3) is 0.400. The monoisotopic (exact) mass is 244 g/mol. The number of rotatable bonds is 4. The molecule has 15 heavy (non-hydrogen) atoms. The Kier molecular flexibility index (Phi) is 3.66. The second kappa shape index (κ2) is 4.03. The Hall–Kier alpha value is -1.35. The summed E-state index contributed by atoms with van der Waals surface area (Å²) in [4.78, 5) is 9.36. The standard InChI is InChI=1S/C5F8O2/c6-1(7)2(8)15-5(12,13)4(10,11)3(9)14. The Morgan fingerprint density at radius 3 is 1.60 bits per heavy atom. The number of alkyl halides is 4. The lowest BCUT2D eigenvalue weighted by Gasteiger charge is -2.21. The molecule has 0 aromatic carbocycles. The molecule has 0 atom stereocenters. The van der Waals surface area contributed by atoms with Crippen molar-refractivity contribution in [2.75, 3.05) is 0 Å². The van der Waals surface area contributed by atoms with E-state index in [0.29, 0.717) is 0 Å². The van der Waals surface area contributed by atoms with Gasteiger partial charge in [0.05, 0.1) is 0 Å². The molecule has 0 unspecified atom stereocenters. The average molecular weight is 244 g/mol. The number of ether oxygens (including phenoxy) is 1. The van der Waals surface area contributed by atoms with Crippen LogP contribution in [0.15, 0.2) is 12.1 Å². The molecule has 0 saturated carbocycles. The average Bonchev–Trinajstić information content (AvgIpc) is 2.02. The van der Waals surface area contributed by atoms with Crippen molar-refractivity contribution >= 4 is 6.04 Å². The lowest BCUT2D eigenvalue weighted by molar-refractivity contribution is -0.329. The third-order valence-electron chi connectivity index (χ3n) is 0.979. The van der Waals surface area contributed by atoms with Crippen LogP contribution in [0, 0.1) is 0 Å². The number of hydrogen-bond acceptors (Lipinski definition) is 2. The molecule has 0 spiro atoms. The molecule has 0 aliphatic rings. The quantitative estimate of drug-likeness (QED) is 0.431. The molecule has 0 radical (unpaired) electrons. The fourth-order valence-corrected chi connectivity index (χ4v) is 0.330. The van der Waals surface area contributed by atoms with Crippen molar-refractivity contribution in [3.8, 4) is 0 Å². The third kappa shape index (κ3) is 2.80. The van der Waals surface area contributed by atoms with Gasteiger partial charge in [0.2, 0.25) is 0 Å². The summed E-state index contributed by atoms with van der Waals surface area (Å²) in [6, 6.07) is -7.18. The third-order valence-corrected chi connectivity index (χ3v) is 0.979. The first kappa shape index (κ1) is 13.7. The van der Waals surface area contributed by atoms with Crippen molar-refractivity contribution in [2.24, 2.45) is 0 Å². The molecular weight excluding hydrogens is 244 g/mol. The lowest BCUT2D eigenvalue weighted by Crippen LogP contribution is -2.47. The number of hydrogen-bond donors (Lipinski definition) is 0. The maximum Gasteiger partial charge on any atom is 0.477 e. The molecule has 0 heterocycles. The summed E-state index contributed by atoms with van der Waals surface area (Å²) in [7, 11) is 0. The minimum absolute atomic E-state index is 2.14. The van der Waals surface area contributed by atoms with E-state index in [1.807, 2.05) is 0 Å². The summed E-state index contributed by atoms with van der Waals surface area (Å²) in [5.74, 6) is -6.06. The Morgan fingerprint density at radius 2 is 1.33 bits per heavy atom. The summed E-state index contributed by atoms with van der Waals surface area (Å²) in [5.41, 5.74) is 0. The first-order valence-electron chi connectivity index (χ1n) is 2.87. The van der Waals surface area contributed by atoms with Crippen LogP contribution in [-0.4, -0.2) is 18.1 Å². The van der Waals surface area contributed by atoms with Crippen LogP contribution in [0.4, 0.5) is 35.1 Å². The van der Waals surface area contributed by atoms with E-state index < -0.39 is 30.2 Å². The van der Waals surface area contributed by atoms with Crippen LogP contribution in [0.3, 0.4) is 0 Å². The Morgan fingerprint density at radius 1 is 0.933 bits per heavy atom. The van der Waals surface area contributed by atoms with Gasteiger partial charge in [-0.25, -0.2) is 0 Å². The van der Waals surface area contributed by atoms with Gasteiger partial charge in [0.1, 0.15) is 0 Å². The van der Waals surface area contributed by atoms with E-state index in [-0.39, 0.29) is 0 Å². The molecular formula is C5F8O2. The normalized spacial score (nSPS) is 12.3. The summed E-state index contributed by atoms with van der Waals surface area (Å²) in [5, 5.41) is 0. The molecule has 10 heteroatoms. The zero-order valence-corrected chi connectivity index (χ0v) is 6.34.